The summed E-state index contributed by atoms with van der Waals surface area (Å²) in [5.41, 5.74) is 1.53. The number of benzene rings is 1. The third-order valence-corrected chi connectivity index (χ3v) is 3.81. The summed E-state index contributed by atoms with van der Waals surface area (Å²) in [5, 5.41) is 14.7. The van der Waals surface area contributed by atoms with Crippen LogP contribution >= 0.6 is 11.8 Å². The molecule has 1 heterocycles. The molecule has 0 aliphatic carbocycles. The molecule has 0 saturated carbocycles. The number of allylic oxidation sites excluding steroid dienone is 1. The predicted molar refractivity (Wildman–Crippen MR) is 84.6 cm³/mol. The Hall–Kier alpha value is -2.15. The lowest BCUT2D eigenvalue weighted by molar-refractivity contribution is -0.138. The monoisotopic (exact) mass is 322 g/mol. The van der Waals surface area contributed by atoms with Crippen LogP contribution in [0.25, 0.3) is 0 Å². The Morgan fingerprint density at radius 3 is 2.68 bits per heavy atom. The van der Waals surface area contributed by atoms with Gasteiger partial charge in [0.15, 0.2) is 0 Å². The van der Waals surface area contributed by atoms with Crippen LogP contribution in [0.15, 0.2) is 35.5 Å². The largest absolute Gasteiger partial charge is 0.508 e. The summed E-state index contributed by atoms with van der Waals surface area (Å²) in [6, 6.07) is 5.36. The molecule has 0 unspecified atom stereocenters. The quantitative estimate of drug-likeness (QED) is 0.569. The van der Waals surface area contributed by atoms with Crippen LogP contribution < -0.4 is 10.6 Å². The van der Waals surface area contributed by atoms with Crippen LogP contribution in [0.5, 0.6) is 5.75 Å². The number of phenolic OH excluding ortho intramolecular Hbond substituents is 1. The number of amides is 2. The number of hydrogen-bond donors (Lipinski definition) is 3. The van der Waals surface area contributed by atoms with Crippen LogP contribution in [-0.2, 0) is 9.53 Å². The van der Waals surface area contributed by atoms with E-state index in [1.807, 2.05) is 6.26 Å². The van der Waals surface area contributed by atoms with E-state index in [9.17, 15) is 14.7 Å². The van der Waals surface area contributed by atoms with Crippen LogP contribution in [0.1, 0.15) is 18.5 Å². The second-order valence-corrected chi connectivity index (χ2v) is 5.78. The maximum absolute atomic E-state index is 12.3. The highest BCUT2D eigenvalue weighted by atomic mass is 32.2. The van der Waals surface area contributed by atoms with Gasteiger partial charge in [-0.25, -0.2) is 9.59 Å². The molecular formula is C15H18N2O4S. The second kappa shape index (κ2) is 7.22. The fraction of sp³-hybridized carbons (Fsp3) is 0.333. The number of hydrogen-bond acceptors (Lipinski definition) is 5. The van der Waals surface area contributed by atoms with E-state index in [0.29, 0.717) is 29.2 Å². The van der Waals surface area contributed by atoms with Crippen molar-refractivity contribution in [1.29, 1.82) is 0 Å². The predicted octanol–water partition coefficient (Wildman–Crippen LogP) is 1.93. The zero-order chi connectivity index (χ0) is 16.1. The molecule has 3 N–H and O–H groups in total. The number of phenols is 1. The van der Waals surface area contributed by atoms with Crippen molar-refractivity contribution in [1.82, 2.24) is 10.6 Å². The number of thioether (sulfide) groups is 1. The highest BCUT2D eigenvalue weighted by molar-refractivity contribution is 7.98. The molecule has 0 spiro atoms. The molecule has 22 heavy (non-hydrogen) atoms. The van der Waals surface area contributed by atoms with Gasteiger partial charge in [0.1, 0.15) is 12.4 Å². The maximum Gasteiger partial charge on any atom is 0.338 e. The fourth-order valence-electron chi connectivity index (χ4n) is 2.18. The lowest BCUT2D eigenvalue weighted by Gasteiger charge is -2.28. The lowest BCUT2D eigenvalue weighted by Crippen LogP contribution is -2.45. The molecule has 6 nitrogen and oxygen atoms in total. The second-order valence-electron chi connectivity index (χ2n) is 4.79. The summed E-state index contributed by atoms with van der Waals surface area (Å²) in [6.07, 6.45) is 1.93. The van der Waals surface area contributed by atoms with Crippen molar-refractivity contribution in [2.24, 2.45) is 0 Å². The fourth-order valence-corrected chi connectivity index (χ4v) is 2.43. The molecule has 1 aliphatic heterocycles. The Balaban J connectivity index is 2.28. The lowest BCUT2D eigenvalue weighted by atomic mass is 9.95. The molecule has 7 heteroatoms. The summed E-state index contributed by atoms with van der Waals surface area (Å²) >= 11 is 1.58. The molecule has 1 aromatic rings. The topological polar surface area (TPSA) is 87.7 Å². The summed E-state index contributed by atoms with van der Waals surface area (Å²) in [7, 11) is 0. The van der Waals surface area contributed by atoms with Gasteiger partial charge in [-0.3, -0.25) is 0 Å². The van der Waals surface area contributed by atoms with Crippen LogP contribution in [0, 0.1) is 0 Å². The van der Waals surface area contributed by atoms with Crippen molar-refractivity contribution in [3.05, 3.63) is 41.1 Å². The minimum absolute atomic E-state index is 0.119. The summed E-state index contributed by atoms with van der Waals surface area (Å²) < 4.78 is 5.24. The Labute approximate surface area is 132 Å². The van der Waals surface area contributed by atoms with Crippen molar-refractivity contribution < 1.29 is 19.4 Å². The van der Waals surface area contributed by atoms with Gasteiger partial charge in [-0.2, -0.15) is 11.8 Å². The molecule has 0 radical (unpaired) electrons. The van der Waals surface area contributed by atoms with E-state index in [0.717, 1.165) is 0 Å². The Bertz CT molecular complexity index is 598. The van der Waals surface area contributed by atoms with Crippen molar-refractivity contribution in [2.45, 2.75) is 13.0 Å². The molecule has 1 aliphatic rings. The van der Waals surface area contributed by atoms with Crippen LogP contribution in [0.4, 0.5) is 4.79 Å². The summed E-state index contributed by atoms with van der Waals surface area (Å²) in [6.45, 7) is 1.98. The maximum atomic E-state index is 12.3. The minimum atomic E-state index is -0.601. The molecule has 0 aromatic heterocycles. The van der Waals surface area contributed by atoms with E-state index < -0.39 is 12.0 Å². The number of carbonyl (C=O) groups is 2. The number of nitrogens with one attached hydrogen (secondary N) is 2. The molecule has 118 valence electrons. The zero-order valence-electron chi connectivity index (χ0n) is 12.4. The van der Waals surface area contributed by atoms with Gasteiger partial charge in [-0.15, -0.1) is 0 Å². The first-order valence-electron chi connectivity index (χ1n) is 6.76. The van der Waals surface area contributed by atoms with Gasteiger partial charge < -0.3 is 20.5 Å². The number of aromatic hydroxyl groups is 1. The molecular weight excluding hydrogens is 304 g/mol. The van der Waals surface area contributed by atoms with Gasteiger partial charge in [0, 0.05) is 11.4 Å². The van der Waals surface area contributed by atoms with E-state index >= 15 is 0 Å². The normalized spacial score (nSPS) is 17.7. The van der Waals surface area contributed by atoms with Gasteiger partial charge in [-0.1, -0.05) is 12.1 Å². The number of ether oxygens (including phenoxy) is 1. The van der Waals surface area contributed by atoms with Gasteiger partial charge in [0.2, 0.25) is 0 Å². The minimum Gasteiger partial charge on any atom is -0.508 e. The molecule has 1 atom stereocenters. The standard InChI is InChI=1S/C15H18N2O4S/c1-9-12(14(19)21-7-8-22-2)13(17-15(20)16-9)10-3-5-11(18)6-4-10/h3-6,13,18H,7-8H2,1-2H3,(H2,16,17,20)/t13-/m1/s1. The average Bonchev–Trinajstić information content (AvgIpc) is 2.47. The zero-order valence-corrected chi connectivity index (χ0v) is 13.2. The molecule has 0 fully saturated rings. The van der Waals surface area contributed by atoms with Crippen molar-refractivity contribution in [3.63, 3.8) is 0 Å². The Kier molecular flexibility index (Phi) is 5.32. The van der Waals surface area contributed by atoms with Gasteiger partial charge >= 0.3 is 12.0 Å². The Morgan fingerprint density at radius 2 is 2.05 bits per heavy atom. The number of carbonyl (C=O) groups excluding carboxylic acids is 2. The van der Waals surface area contributed by atoms with Crippen LogP contribution in [-0.4, -0.2) is 35.7 Å². The smallest absolute Gasteiger partial charge is 0.338 e. The summed E-state index contributed by atoms with van der Waals surface area (Å²) in [5.74, 6) is 0.368. The third kappa shape index (κ3) is 3.73. The van der Waals surface area contributed by atoms with Gasteiger partial charge in [-0.05, 0) is 30.9 Å². The average molecular weight is 322 g/mol. The third-order valence-electron chi connectivity index (χ3n) is 3.24. The number of urea groups is 1. The molecule has 0 saturated heterocycles. The van der Waals surface area contributed by atoms with E-state index in [1.165, 1.54) is 12.1 Å². The van der Waals surface area contributed by atoms with E-state index in [1.54, 1.807) is 30.8 Å². The molecule has 2 amide bonds. The molecule has 1 aromatic carbocycles. The number of rotatable bonds is 5. The molecule has 2 rings (SSSR count). The first-order chi connectivity index (χ1) is 10.5. The van der Waals surface area contributed by atoms with Gasteiger partial charge in [0.25, 0.3) is 0 Å². The molecule has 0 bridgehead atoms. The van der Waals surface area contributed by atoms with E-state index in [2.05, 4.69) is 10.6 Å². The first-order valence-corrected chi connectivity index (χ1v) is 8.15. The highest BCUT2D eigenvalue weighted by Gasteiger charge is 2.32. The highest BCUT2D eigenvalue weighted by Crippen LogP contribution is 2.28. The van der Waals surface area contributed by atoms with Crippen LogP contribution in [0.3, 0.4) is 0 Å². The number of esters is 1. The SMILES string of the molecule is CSCCOC(=O)C1=C(C)NC(=O)N[C@@H]1c1ccc(O)cc1. The van der Waals surface area contributed by atoms with Crippen molar-refractivity contribution in [2.75, 3.05) is 18.6 Å². The van der Waals surface area contributed by atoms with Gasteiger partial charge in [0.05, 0.1) is 11.6 Å². The van der Waals surface area contributed by atoms with Crippen molar-refractivity contribution in [3.8, 4) is 5.75 Å². The van der Waals surface area contributed by atoms with Crippen molar-refractivity contribution >= 4 is 23.8 Å². The first kappa shape index (κ1) is 16.2. The Morgan fingerprint density at radius 1 is 1.36 bits per heavy atom. The van der Waals surface area contributed by atoms with E-state index in [4.69, 9.17) is 4.74 Å². The van der Waals surface area contributed by atoms with E-state index in [-0.39, 0.29) is 11.8 Å². The van der Waals surface area contributed by atoms with Crippen LogP contribution in [0.2, 0.25) is 0 Å². The summed E-state index contributed by atoms with van der Waals surface area (Å²) in [4.78, 5) is 24.0.